The minimum atomic E-state index is 0.444. The summed E-state index contributed by atoms with van der Waals surface area (Å²) in [6.07, 6.45) is 1.53. The summed E-state index contributed by atoms with van der Waals surface area (Å²) in [5, 5.41) is 17.2. The zero-order chi connectivity index (χ0) is 21.4. The number of ether oxygens (including phenoxy) is 4. The first-order chi connectivity index (χ1) is 15.2. The largest absolute Gasteiger partial charge is 0.493 e. The highest BCUT2D eigenvalue weighted by atomic mass is 16.6. The molecule has 0 unspecified atom stereocenters. The lowest BCUT2D eigenvalue weighted by molar-refractivity contribution is 0.171. The third-order valence-electron chi connectivity index (χ3n) is 5.06. The number of fused-ring (bicyclic) bond motifs is 2. The fourth-order valence-electron chi connectivity index (χ4n) is 3.58. The predicted octanol–water partition coefficient (Wildman–Crippen LogP) is 3.73. The van der Waals surface area contributed by atoms with Crippen LogP contribution in [-0.4, -0.2) is 42.0 Å². The van der Waals surface area contributed by atoms with Gasteiger partial charge >= 0.3 is 0 Å². The topological polar surface area (TPSA) is 106 Å². The number of anilines is 2. The molecule has 4 aromatic rings. The summed E-state index contributed by atoms with van der Waals surface area (Å²) >= 11 is 0. The van der Waals surface area contributed by atoms with Gasteiger partial charge in [0.25, 0.3) is 0 Å². The molecule has 0 aliphatic carbocycles. The van der Waals surface area contributed by atoms with Gasteiger partial charge in [-0.3, -0.25) is 0 Å². The van der Waals surface area contributed by atoms with Crippen LogP contribution in [-0.2, 0) is 0 Å². The van der Waals surface area contributed by atoms with Gasteiger partial charge in [0.15, 0.2) is 34.5 Å². The van der Waals surface area contributed by atoms with E-state index in [1.54, 1.807) is 18.7 Å². The molecule has 0 fully saturated rings. The van der Waals surface area contributed by atoms with E-state index in [2.05, 4.69) is 21.5 Å². The van der Waals surface area contributed by atoms with Gasteiger partial charge in [0.2, 0.25) is 0 Å². The van der Waals surface area contributed by atoms with Gasteiger partial charge in [-0.25, -0.2) is 0 Å². The SMILES string of the molecule is COc1ccc(Nc2c(-c3ccc4c(c3)OCCO4)[nH]c3c(C#N)cnn23)cc1OC. The van der Waals surface area contributed by atoms with Gasteiger partial charge in [-0.15, -0.1) is 0 Å². The monoisotopic (exact) mass is 417 g/mol. The number of aromatic nitrogens is 3. The Morgan fingerprint density at radius 2 is 1.87 bits per heavy atom. The maximum atomic E-state index is 9.46. The quantitative estimate of drug-likeness (QED) is 0.510. The highest BCUT2D eigenvalue weighted by molar-refractivity contribution is 5.82. The van der Waals surface area contributed by atoms with Crippen molar-refractivity contribution in [3.05, 3.63) is 48.2 Å². The number of methoxy groups -OCH3 is 2. The van der Waals surface area contributed by atoms with E-state index < -0.39 is 0 Å². The smallest absolute Gasteiger partial charge is 0.162 e. The van der Waals surface area contributed by atoms with Gasteiger partial charge < -0.3 is 29.2 Å². The van der Waals surface area contributed by atoms with Crippen molar-refractivity contribution in [2.45, 2.75) is 0 Å². The minimum Gasteiger partial charge on any atom is -0.493 e. The Bertz CT molecular complexity index is 1320. The molecular formula is C22H19N5O4. The number of hydrogen-bond acceptors (Lipinski definition) is 7. The van der Waals surface area contributed by atoms with Gasteiger partial charge in [-0.05, 0) is 30.3 Å². The predicted molar refractivity (Wildman–Crippen MR) is 114 cm³/mol. The van der Waals surface area contributed by atoms with Crippen LogP contribution < -0.4 is 24.3 Å². The number of imidazole rings is 1. The van der Waals surface area contributed by atoms with Gasteiger partial charge in [-0.2, -0.15) is 14.9 Å². The number of hydrogen-bond donors (Lipinski definition) is 2. The number of nitrogens with one attached hydrogen (secondary N) is 2. The Hall–Kier alpha value is -4.32. The summed E-state index contributed by atoms with van der Waals surface area (Å²) in [5.74, 6) is 3.27. The van der Waals surface area contributed by atoms with Crippen LogP contribution in [0.15, 0.2) is 42.6 Å². The first-order valence-corrected chi connectivity index (χ1v) is 9.60. The van der Waals surface area contributed by atoms with E-state index in [1.807, 2.05) is 36.4 Å². The Balaban J connectivity index is 1.63. The molecule has 0 bridgehead atoms. The second kappa shape index (κ2) is 7.50. The molecule has 0 radical (unpaired) electrons. The Morgan fingerprint density at radius 1 is 1.06 bits per heavy atom. The van der Waals surface area contributed by atoms with Gasteiger partial charge in [0.05, 0.1) is 26.1 Å². The summed E-state index contributed by atoms with van der Waals surface area (Å²) in [6.45, 7) is 1.03. The highest BCUT2D eigenvalue weighted by Crippen LogP contribution is 2.39. The highest BCUT2D eigenvalue weighted by Gasteiger charge is 2.20. The molecule has 0 amide bonds. The van der Waals surface area contributed by atoms with Crippen molar-refractivity contribution >= 4 is 17.2 Å². The van der Waals surface area contributed by atoms with Crippen LogP contribution in [0.25, 0.3) is 16.9 Å². The third kappa shape index (κ3) is 3.14. The molecule has 2 N–H and O–H groups in total. The fourth-order valence-corrected chi connectivity index (χ4v) is 3.58. The number of benzene rings is 2. The van der Waals surface area contributed by atoms with Crippen LogP contribution in [0.5, 0.6) is 23.0 Å². The van der Waals surface area contributed by atoms with Crippen molar-refractivity contribution in [2.24, 2.45) is 0 Å². The molecule has 9 heteroatoms. The van der Waals surface area contributed by atoms with Crippen LogP contribution in [0.3, 0.4) is 0 Å². The van der Waals surface area contributed by atoms with Crippen molar-refractivity contribution in [2.75, 3.05) is 32.8 Å². The molecule has 5 rings (SSSR count). The maximum Gasteiger partial charge on any atom is 0.162 e. The van der Waals surface area contributed by atoms with Crippen LogP contribution in [0, 0.1) is 11.3 Å². The molecular weight excluding hydrogens is 398 g/mol. The molecule has 0 saturated carbocycles. The summed E-state index contributed by atoms with van der Waals surface area (Å²) in [7, 11) is 3.18. The number of nitriles is 1. The van der Waals surface area contributed by atoms with Gasteiger partial charge in [0, 0.05) is 17.3 Å². The lowest BCUT2D eigenvalue weighted by Gasteiger charge is -2.19. The molecule has 31 heavy (non-hydrogen) atoms. The molecule has 156 valence electrons. The zero-order valence-electron chi connectivity index (χ0n) is 16.9. The van der Waals surface area contributed by atoms with E-state index in [-0.39, 0.29) is 0 Å². The Morgan fingerprint density at radius 3 is 2.65 bits per heavy atom. The number of rotatable bonds is 5. The summed E-state index contributed by atoms with van der Waals surface area (Å²) in [5.41, 5.74) is 3.42. The summed E-state index contributed by atoms with van der Waals surface area (Å²) in [4.78, 5) is 3.32. The molecule has 2 aromatic heterocycles. The van der Waals surface area contributed by atoms with Crippen molar-refractivity contribution in [3.8, 4) is 40.3 Å². The first-order valence-electron chi connectivity index (χ1n) is 9.60. The summed E-state index contributed by atoms with van der Waals surface area (Å²) < 4.78 is 23.8. The van der Waals surface area contributed by atoms with E-state index in [9.17, 15) is 5.26 Å². The molecule has 9 nitrogen and oxygen atoms in total. The minimum absolute atomic E-state index is 0.444. The Labute approximate surface area is 177 Å². The average Bonchev–Trinajstić information content (AvgIpc) is 3.38. The lowest BCUT2D eigenvalue weighted by atomic mass is 10.1. The fraction of sp³-hybridized carbons (Fsp3) is 0.182. The normalized spacial score (nSPS) is 12.4. The second-order valence-electron chi connectivity index (χ2n) is 6.83. The average molecular weight is 417 g/mol. The van der Waals surface area contributed by atoms with Crippen molar-refractivity contribution in [1.82, 2.24) is 14.6 Å². The maximum absolute atomic E-state index is 9.46. The van der Waals surface area contributed by atoms with Crippen LogP contribution in [0.4, 0.5) is 11.5 Å². The molecule has 3 heterocycles. The molecule has 2 aromatic carbocycles. The van der Waals surface area contributed by atoms with Crippen LogP contribution >= 0.6 is 0 Å². The molecule has 0 atom stereocenters. The van der Waals surface area contributed by atoms with Crippen molar-refractivity contribution < 1.29 is 18.9 Å². The van der Waals surface area contributed by atoms with E-state index in [0.717, 1.165) is 16.9 Å². The molecule has 0 spiro atoms. The first kappa shape index (κ1) is 18.7. The van der Waals surface area contributed by atoms with Crippen LogP contribution in [0.1, 0.15) is 5.56 Å². The lowest BCUT2D eigenvalue weighted by Crippen LogP contribution is -2.15. The molecule has 1 aliphatic heterocycles. The number of nitrogens with zero attached hydrogens (tertiary/aromatic N) is 3. The van der Waals surface area contributed by atoms with E-state index in [4.69, 9.17) is 18.9 Å². The second-order valence-corrected chi connectivity index (χ2v) is 6.83. The molecule has 0 saturated heterocycles. The van der Waals surface area contributed by atoms with E-state index >= 15 is 0 Å². The summed E-state index contributed by atoms with van der Waals surface area (Å²) in [6, 6.07) is 13.4. The van der Waals surface area contributed by atoms with Crippen LogP contribution in [0.2, 0.25) is 0 Å². The zero-order valence-corrected chi connectivity index (χ0v) is 16.9. The Kier molecular flexibility index (Phi) is 4.52. The van der Waals surface area contributed by atoms with Crippen molar-refractivity contribution in [1.29, 1.82) is 5.26 Å². The molecule has 1 aliphatic rings. The standard InChI is InChI=1S/C22H19N5O4/c1-28-16-6-4-15(10-18(16)29-2)25-22-20(26-21-14(11-23)12-24-27(21)22)13-3-5-17-19(9-13)31-8-7-30-17/h3-6,9-10,12,25-26H,7-8H2,1-2H3. The van der Waals surface area contributed by atoms with E-state index in [1.165, 1.54) is 6.20 Å². The van der Waals surface area contributed by atoms with Gasteiger partial charge in [0.1, 0.15) is 24.8 Å². The van der Waals surface area contributed by atoms with Crippen molar-refractivity contribution in [3.63, 3.8) is 0 Å². The number of aromatic amines is 1. The van der Waals surface area contributed by atoms with E-state index in [0.29, 0.717) is 53.2 Å². The third-order valence-corrected chi connectivity index (χ3v) is 5.06. The van der Waals surface area contributed by atoms with Gasteiger partial charge in [-0.1, -0.05) is 0 Å². The number of H-pyrrole nitrogens is 1.